The first-order valence-electron chi connectivity index (χ1n) is 9.15. The van der Waals surface area contributed by atoms with Gasteiger partial charge in [-0.3, -0.25) is 14.9 Å². The summed E-state index contributed by atoms with van der Waals surface area (Å²) in [5.74, 6) is 0.616. The molecule has 6 nitrogen and oxygen atoms in total. The smallest absolute Gasteiger partial charge is 0.269 e. The summed E-state index contributed by atoms with van der Waals surface area (Å²) in [5, 5.41) is 11.8. The van der Waals surface area contributed by atoms with Crippen molar-refractivity contribution in [1.82, 2.24) is 4.98 Å². The first-order valence-corrected chi connectivity index (χ1v) is 9.15. The number of fused-ring (bicyclic) bond motifs is 1. The number of carbonyl (C=O) groups is 1. The molecule has 0 aliphatic carbocycles. The molecule has 2 aromatic carbocycles. The highest BCUT2D eigenvalue weighted by Gasteiger charge is 2.12. The Labute approximate surface area is 163 Å². The second-order valence-corrected chi connectivity index (χ2v) is 6.27. The lowest BCUT2D eigenvalue weighted by Gasteiger charge is -2.22. The van der Waals surface area contributed by atoms with E-state index in [4.69, 9.17) is 4.98 Å². The van der Waals surface area contributed by atoms with Gasteiger partial charge in [-0.15, -0.1) is 0 Å². The lowest BCUT2D eigenvalue weighted by atomic mass is 10.1. The van der Waals surface area contributed by atoms with E-state index < -0.39 is 4.92 Å². The molecular formula is C22H21N3O3. The third kappa shape index (κ3) is 4.06. The first kappa shape index (κ1) is 19.2. The van der Waals surface area contributed by atoms with Crippen LogP contribution in [0, 0.1) is 10.1 Å². The summed E-state index contributed by atoms with van der Waals surface area (Å²) in [6.07, 6.45) is 3.25. The van der Waals surface area contributed by atoms with Crippen LogP contribution >= 0.6 is 0 Å². The molecule has 1 heterocycles. The van der Waals surface area contributed by atoms with Gasteiger partial charge in [0.2, 0.25) is 0 Å². The molecule has 0 aliphatic rings. The van der Waals surface area contributed by atoms with E-state index in [0.717, 1.165) is 35.4 Å². The molecule has 6 heteroatoms. The molecule has 3 aromatic rings. The summed E-state index contributed by atoms with van der Waals surface area (Å²) < 4.78 is 0. The van der Waals surface area contributed by atoms with Crippen LogP contribution in [0.3, 0.4) is 0 Å². The van der Waals surface area contributed by atoms with Gasteiger partial charge < -0.3 is 4.90 Å². The molecule has 0 saturated carbocycles. The number of nitro benzene ring substituents is 1. The number of hydrogen-bond donors (Lipinski definition) is 0. The number of nitro groups is 1. The standard InChI is InChI=1S/C22H21N3O3/c1-3-24(4-2)22-18(15-17-7-5-6-8-20(17)23-22)11-14-21(26)16-9-12-19(13-10-16)25(27)28/h5-15H,3-4H2,1-2H3/b14-11+. The predicted molar refractivity (Wildman–Crippen MR) is 112 cm³/mol. The molecule has 0 N–H and O–H groups in total. The van der Waals surface area contributed by atoms with Gasteiger partial charge in [0, 0.05) is 41.7 Å². The highest BCUT2D eigenvalue weighted by molar-refractivity contribution is 6.07. The van der Waals surface area contributed by atoms with Gasteiger partial charge in [-0.1, -0.05) is 18.2 Å². The van der Waals surface area contributed by atoms with Gasteiger partial charge in [0.25, 0.3) is 5.69 Å². The Hall–Kier alpha value is -3.54. The van der Waals surface area contributed by atoms with Crippen molar-refractivity contribution >= 4 is 34.3 Å². The van der Waals surface area contributed by atoms with Crippen LogP contribution in [0.5, 0.6) is 0 Å². The van der Waals surface area contributed by atoms with Gasteiger partial charge in [0.1, 0.15) is 5.82 Å². The molecule has 0 radical (unpaired) electrons. The average Bonchev–Trinajstić information content (AvgIpc) is 2.72. The summed E-state index contributed by atoms with van der Waals surface area (Å²) in [6, 6.07) is 15.5. The van der Waals surface area contributed by atoms with Crippen molar-refractivity contribution in [1.29, 1.82) is 0 Å². The Kier molecular flexibility index (Phi) is 5.79. The van der Waals surface area contributed by atoms with E-state index in [1.807, 2.05) is 30.3 Å². The van der Waals surface area contributed by atoms with Crippen LogP contribution in [-0.2, 0) is 0 Å². The number of benzene rings is 2. The molecule has 28 heavy (non-hydrogen) atoms. The number of allylic oxidation sites excluding steroid dienone is 1. The number of hydrogen-bond acceptors (Lipinski definition) is 5. The van der Waals surface area contributed by atoms with Crippen LogP contribution in [0.15, 0.2) is 60.7 Å². The topological polar surface area (TPSA) is 76.3 Å². The predicted octanol–water partition coefficient (Wildman–Crippen LogP) is 4.89. The Morgan fingerprint density at radius 3 is 2.43 bits per heavy atom. The van der Waals surface area contributed by atoms with Gasteiger partial charge in [0.05, 0.1) is 10.4 Å². The summed E-state index contributed by atoms with van der Waals surface area (Å²) >= 11 is 0. The number of aromatic nitrogens is 1. The third-order valence-corrected chi connectivity index (χ3v) is 4.57. The quantitative estimate of drug-likeness (QED) is 0.254. The van der Waals surface area contributed by atoms with Crippen molar-refractivity contribution in [3.8, 4) is 0 Å². The fourth-order valence-corrected chi connectivity index (χ4v) is 3.03. The maximum atomic E-state index is 12.5. The van der Waals surface area contributed by atoms with E-state index in [2.05, 4.69) is 18.7 Å². The van der Waals surface area contributed by atoms with E-state index in [1.165, 1.54) is 30.3 Å². The Balaban J connectivity index is 1.96. The summed E-state index contributed by atoms with van der Waals surface area (Å²) in [5.41, 5.74) is 2.13. The van der Waals surface area contributed by atoms with Crippen molar-refractivity contribution in [3.05, 3.63) is 81.9 Å². The number of anilines is 1. The maximum Gasteiger partial charge on any atom is 0.269 e. The van der Waals surface area contributed by atoms with Crippen molar-refractivity contribution in [2.24, 2.45) is 0 Å². The monoisotopic (exact) mass is 375 g/mol. The molecular weight excluding hydrogens is 354 g/mol. The van der Waals surface area contributed by atoms with Crippen LogP contribution < -0.4 is 4.90 Å². The Morgan fingerprint density at radius 2 is 1.79 bits per heavy atom. The number of para-hydroxylation sites is 1. The number of nitrogens with zero attached hydrogens (tertiary/aromatic N) is 3. The number of non-ortho nitro benzene ring substituents is 1. The van der Waals surface area contributed by atoms with Crippen LogP contribution in [0.25, 0.3) is 17.0 Å². The molecule has 1 aromatic heterocycles. The van der Waals surface area contributed by atoms with Crippen molar-refractivity contribution in [3.63, 3.8) is 0 Å². The highest BCUT2D eigenvalue weighted by Crippen LogP contribution is 2.25. The zero-order chi connectivity index (χ0) is 20.1. The van der Waals surface area contributed by atoms with Gasteiger partial charge >= 0.3 is 0 Å². The molecule has 0 fully saturated rings. The molecule has 0 unspecified atom stereocenters. The number of rotatable bonds is 7. The van der Waals surface area contributed by atoms with E-state index in [9.17, 15) is 14.9 Å². The molecule has 3 rings (SSSR count). The molecule has 142 valence electrons. The van der Waals surface area contributed by atoms with E-state index in [-0.39, 0.29) is 11.5 Å². The third-order valence-electron chi connectivity index (χ3n) is 4.57. The maximum absolute atomic E-state index is 12.5. The van der Waals surface area contributed by atoms with Crippen LogP contribution in [0.2, 0.25) is 0 Å². The van der Waals surface area contributed by atoms with Gasteiger partial charge in [-0.25, -0.2) is 4.98 Å². The van der Waals surface area contributed by atoms with Crippen molar-refractivity contribution in [2.75, 3.05) is 18.0 Å². The lowest BCUT2D eigenvalue weighted by Crippen LogP contribution is -2.23. The number of carbonyl (C=O) groups excluding carboxylic acids is 1. The van der Waals surface area contributed by atoms with E-state index in [0.29, 0.717) is 5.56 Å². The summed E-state index contributed by atoms with van der Waals surface area (Å²) in [7, 11) is 0. The van der Waals surface area contributed by atoms with E-state index >= 15 is 0 Å². The van der Waals surface area contributed by atoms with Gasteiger partial charge in [0.15, 0.2) is 5.78 Å². The SMILES string of the molecule is CCN(CC)c1nc2ccccc2cc1/C=C/C(=O)c1ccc([N+](=O)[O-])cc1. The highest BCUT2D eigenvalue weighted by atomic mass is 16.6. The minimum atomic E-state index is -0.485. The van der Waals surface area contributed by atoms with E-state index in [1.54, 1.807) is 6.08 Å². The normalized spacial score (nSPS) is 11.1. The van der Waals surface area contributed by atoms with Crippen LogP contribution in [0.4, 0.5) is 11.5 Å². The summed E-state index contributed by atoms with van der Waals surface area (Å²) in [6.45, 7) is 5.74. The molecule has 0 spiro atoms. The molecule has 0 saturated heterocycles. The molecule has 0 atom stereocenters. The second kappa shape index (κ2) is 8.43. The lowest BCUT2D eigenvalue weighted by molar-refractivity contribution is -0.384. The Morgan fingerprint density at radius 1 is 1.11 bits per heavy atom. The number of pyridine rings is 1. The zero-order valence-electron chi connectivity index (χ0n) is 15.8. The van der Waals surface area contributed by atoms with Crippen LogP contribution in [-0.4, -0.2) is 28.8 Å². The fraction of sp³-hybridized carbons (Fsp3) is 0.182. The zero-order valence-corrected chi connectivity index (χ0v) is 15.8. The van der Waals surface area contributed by atoms with Crippen molar-refractivity contribution in [2.45, 2.75) is 13.8 Å². The molecule has 0 aliphatic heterocycles. The fourth-order valence-electron chi connectivity index (χ4n) is 3.03. The van der Waals surface area contributed by atoms with Gasteiger partial charge in [-0.05, 0) is 50.3 Å². The second-order valence-electron chi connectivity index (χ2n) is 6.27. The van der Waals surface area contributed by atoms with Crippen LogP contribution in [0.1, 0.15) is 29.8 Å². The first-order chi connectivity index (χ1) is 13.5. The number of ketones is 1. The largest absolute Gasteiger partial charge is 0.357 e. The average molecular weight is 375 g/mol. The van der Waals surface area contributed by atoms with Gasteiger partial charge in [-0.2, -0.15) is 0 Å². The van der Waals surface area contributed by atoms with Crippen molar-refractivity contribution < 1.29 is 9.72 Å². The Bertz CT molecular complexity index is 1040. The molecule has 0 bridgehead atoms. The molecule has 0 amide bonds. The minimum absolute atomic E-state index is 0.0388. The summed E-state index contributed by atoms with van der Waals surface area (Å²) in [4.78, 5) is 29.7. The minimum Gasteiger partial charge on any atom is -0.357 e.